The van der Waals surface area contributed by atoms with Crippen molar-refractivity contribution in [3.05, 3.63) is 35.9 Å². The highest BCUT2D eigenvalue weighted by atomic mass is 16.5. The summed E-state index contributed by atoms with van der Waals surface area (Å²) >= 11 is 0. The second kappa shape index (κ2) is 9.88. The van der Waals surface area contributed by atoms with Crippen LogP contribution < -0.4 is 0 Å². The largest absolute Gasteiger partial charge is 0.394 e. The molecule has 1 aromatic rings. The molecule has 0 heterocycles. The van der Waals surface area contributed by atoms with Crippen molar-refractivity contribution in [1.82, 2.24) is 0 Å². The van der Waals surface area contributed by atoms with Crippen LogP contribution in [0, 0.1) is 0 Å². The van der Waals surface area contributed by atoms with Gasteiger partial charge in [0.25, 0.3) is 0 Å². The van der Waals surface area contributed by atoms with E-state index in [1.165, 1.54) is 0 Å². The van der Waals surface area contributed by atoms with E-state index in [1.807, 2.05) is 30.3 Å². The second-order valence-corrected chi connectivity index (χ2v) is 4.89. The van der Waals surface area contributed by atoms with Gasteiger partial charge in [-0.25, -0.2) is 0 Å². The first-order valence-electron chi connectivity index (χ1n) is 7.27. The van der Waals surface area contributed by atoms with Crippen molar-refractivity contribution in [2.24, 2.45) is 0 Å². The summed E-state index contributed by atoms with van der Waals surface area (Å²) in [5.41, 5.74) is -0.0430. The highest BCUT2D eigenvalue weighted by Crippen LogP contribution is 2.27. The maximum Gasteiger partial charge on any atom is 0.113 e. The lowest BCUT2D eigenvalue weighted by Gasteiger charge is -2.28. The minimum Gasteiger partial charge on any atom is -0.394 e. The molecule has 0 aliphatic rings. The van der Waals surface area contributed by atoms with Crippen molar-refractivity contribution in [3.63, 3.8) is 0 Å². The second-order valence-electron chi connectivity index (χ2n) is 4.89. The topological polar surface area (TPSA) is 58.9 Å². The summed E-state index contributed by atoms with van der Waals surface area (Å²) in [6.07, 6.45) is 2.68. The highest BCUT2D eigenvalue weighted by molar-refractivity contribution is 5.22. The smallest absolute Gasteiger partial charge is 0.113 e. The van der Waals surface area contributed by atoms with E-state index in [4.69, 9.17) is 14.6 Å². The van der Waals surface area contributed by atoms with Crippen LogP contribution in [0.2, 0.25) is 0 Å². The van der Waals surface area contributed by atoms with Crippen molar-refractivity contribution in [2.45, 2.75) is 31.8 Å². The Morgan fingerprint density at radius 1 is 1.05 bits per heavy atom. The predicted octanol–water partition coefficient (Wildman–Crippen LogP) is 2.09. The van der Waals surface area contributed by atoms with Gasteiger partial charge in [0, 0.05) is 0 Å². The van der Waals surface area contributed by atoms with Gasteiger partial charge in [-0.05, 0) is 12.0 Å². The monoisotopic (exact) mass is 282 g/mol. The highest BCUT2D eigenvalue weighted by Gasteiger charge is 2.28. The number of rotatable bonds is 11. The Labute approximate surface area is 121 Å². The van der Waals surface area contributed by atoms with Gasteiger partial charge in [0.1, 0.15) is 5.60 Å². The Hall–Kier alpha value is -0.940. The fraction of sp³-hybridized carbons (Fsp3) is 0.625. The van der Waals surface area contributed by atoms with Crippen molar-refractivity contribution in [2.75, 3.05) is 33.0 Å². The Kier molecular flexibility index (Phi) is 8.46. The molecule has 0 amide bonds. The SMILES string of the molecule is CCCCC(O)(COCCOCCO)c1ccccc1. The molecule has 2 N–H and O–H groups in total. The van der Waals surface area contributed by atoms with Crippen LogP contribution in [0.5, 0.6) is 0 Å². The van der Waals surface area contributed by atoms with E-state index >= 15 is 0 Å². The standard InChI is InChI=1S/C16H26O4/c1-2-3-9-16(18,15-7-5-4-6-8-15)14-20-13-12-19-11-10-17/h4-8,17-18H,2-3,9-14H2,1H3. The molecule has 114 valence electrons. The van der Waals surface area contributed by atoms with Crippen LogP contribution in [0.3, 0.4) is 0 Å². The molecular weight excluding hydrogens is 256 g/mol. The van der Waals surface area contributed by atoms with Gasteiger partial charge >= 0.3 is 0 Å². The van der Waals surface area contributed by atoms with Crippen LogP contribution in [-0.2, 0) is 15.1 Å². The molecule has 0 radical (unpaired) electrons. The molecule has 1 atom stereocenters. The maximum atomic E-state index is 10.8. The first-order chi connectivity index (χ1) is 9.73. The Morgan fingerprint density at radius 3 is 2.40 bits per heavy atom. The number of ether oxygens (including phenoxy) is 2. The summed E-state index contributed by atoms with van der Waals surface area (Å²) < 4.78 is 10.7. The number of benzene rings is 1. The molecule has 0 saturated heterocycles. The predicted molar refractivity (Wildman–Crippen MR) is 78.6 cm³/mol. The molecule has 0 aliphatic carbocycles. The molecule has 0 bridgehead atoms. The lowest BCUT2D eigenvalue weighted by Crippen LogP contribution is -2.32. The molecule has 1 unspecified atom stereocenters. The minimum absolute atomic E-state index is 0.0183. The van der Waals surface area contributed by atoms with Crippen molar-refractivity contribution in [1.29, 1.82) is 0 Å². The third-order valence-electron chi connectivity index (χ3n) is 3.20. The van der Waals surface area contributed by atoms with Gasteiger partial charge in [-0.2, -0.15) is 0 Å². The van der Waals surface area contributed by atoms with E-state index in [-0.39, 0.29) is 13.2 Å². The Morgan fingerprint density at radius 2 is 1.75 bits per heavy atom. The molecular formula is C16H26O4. The van der Waals surface area contributed by atoms with Gasteiger partial charge in [-0.1, -0.05) is 50.1 Å². The summed E-state index contributed by atoms with van der Waals surface area (Å²) in [6, 6.07) is 9.66. The number of hydrogen-bond acceptors (Lipinski definition) is 4. The van der Waals surface area contributed by atoms with E-state index in [0.29, 0.717) is 26.2 Å². The average Bonchev–Trinajstić information content (AvgIpc) is 2.49. The van der Waals surface area contributed by atoms with Crippen LogP contribution >= 0.6 is 0 Å². The van der Waals surface area contributed by atoms with Crippen molar-refractivity contribution >= 4 is 0 Å². The Balaban J connectivity index is 2.47. The number of unbranched alkanes of at least 4 members (excludes halogenated alkanes) is 1. The normalized spacial score (nSPS) is 14.2. The number of hydrogen-bond donors (Lipinski definition) is 2. The van der Waals surface area contributed by atoms with Crippen LogP contribution in [0.15, 0.2) is 30.3 Å². The zero-order valence-corrected chi connectivity index (χ0v) is 12.3. The van der Waals surface area contributed by atoms with Crippen molar-refractivity contribution in [3.8, 4) is 0 Å². The fourth-order valence-corrected chi connectivity index (χ4v) is 2.04. The van der Waals surface area contributed by atoms with E-state index in [9.17, 15) is 5.11 Å². The molecule has 0 fully saturated rings. The van der Waals surface area contributed by atoms with Gasteiger partial charge in [0.15, 0.2) is 0 Å². The third kappa shape index (κ3) is 6.01. The molecule has 1 rings (SSSR count). The lowest BCUT2D eigenvalue weighted by atomic mass is 9.89. The maximum absolute atomic E-state index is 10.8. The summed E-state index contributed by atoms with van der Waals surface area (Å²) in [5, 5.41) is 19.4. The lowest BCUT2D eigenvalue weighted by molar-refractivity contribution is -0.0695. The van der Waals surface area contributed by atoms with Crippen molar-refractivity contribution < 1.29 is 19.7 Å². The fourth-order valence-electron chi connectivity index (χ4n) is 2.04. The molecule has 4 nitrogen and oxygen atoms in total. The van der Waals surface area contributed by atoms with E-state index in [0.717, 1.165) is 18.4 Å². The summed E-state index contributed by atoms with van der Waals surface area (Å²) in [4.78, 5) is 0. The molecule has 0 saturated carbocycles. The molecule has 0 aliphatic heterocycles. The average molecular weight is 282 g/mol. The Bertz CT molecular complexity index is 342. The number of aliphatic hydroxyl groups is 2. The molecule has 0 aromatic heterocycles. The molecule has 1 aromatic carbocycles. The first kappa shape index (κ1) is 17.1. The summed E-state index contributed by atoms with van der Waals surface area (Å²) in [5.74, 6) is 0. The van der Waals surface area contributed by atoms with Gasteiger partial charge in [-0.15, -0.1) is 0 Å². The molecule has 20 heavy (non-hydrogen) atoms. The summed E-state index contributed by atoms with van der Waals surface area (Å²) in [7, 11) is 0. The first-order valence-corrected chi connectivity index (χ1v) is 7.27. The van der Waals surface area contributed by atoms with Crippen LogP contribution in [0.4, 0.5) is 0 Å². The zero-order chi connectivity index (χ0) is 14.7. The van der Waals surface area contributed by atoms with Crippen LogP contribution in [-0.4, -0.2) is 43.2 Å². The van der Waals surface area contributed by atoms with Crippen LogP contribution in [0.1, 0.15) is 31.7 Å². The molecule has 4 heteroatoms. The number of aliphatic hydroxyl groups excluding tert-OH is 1. The third-order valence-corrected chi connectivity index (χ3v) is 3.20. The van der Waals surface area contributed by atoms with E-state index in [1.54, 1.807) is 0 Å². The van der Waals surface area contributed by atoms with E-state index < -0.39 is 5.60 Å². The van der Waals surface area contributed by atoms with Gasteiger partial charge < -0.3 is 19.7 Å². The van der Waals surface area contributed by atoms with Gasteiger partial charge in [0.2, 0.25) is 0 Å². The van der Waals surface area contributed by atoms with Gasteiger partial charge in [0.05, 0.1) is 33.0 Å². The van der Waals surface area contributed by atoms with Crippen LogP contribution in [0.25, 0.3) is 0 Å². The minimum atomic E-state index is -0.936. The van der Waals surface area contributed by atoms with Gasteiger partial charge in [-0.3, -0.25) is 0 Å². The van der Waals surface area contributed by atoms with E-state index in [2.05, 4.69) is 6.92 Å². The molecule has 0 spiro atoms. The quantitative estimate of drug-likeness (QED) is 0.610. The summed E-state index contributed by atoms with van der Waals surface area (Å²) in [6.45, 7) is 3.56. The zero-order valence-electron chi connectivity index (χ0n) is 12.3.